The molecule has 1 aliphatic rings. The van der Waals surface area contributed by atoms with Gasteiger partial charge in [-0.25, -0.2) is 0 Å². The zero-order valence-electron chi connectivity index (χ0n) is 17.1. The summed E-state index contributed by atoms with van der Waals surface area (Å²) in [5, 5.41) is 11.0. The fraction of sp³-hybridized carbons (Fsp3) is 0.478. The number of benzene rings is 2. The summed E-state index contributed by atoms with van der Waals surface area (Å²) >= 11 is 0. The van der Waals surface area contributed by atoms with Crippen LogP contribution in [0.4, 0.5) is 0 Å². The molecule has 1 aliphatic carbocycles. The van der Waals surface area contributed by atoms with Gasteiger partial charge in [-0.05, 0) is 11.1 Å². The highest BCUT2D eigenvalue weighted by Crippen LogP contribution is 2.32. The summed E-state index contributed by atoms with van der Waals surface area (Å²) in [6.45, 7) is 0.718. The van der Waals surface area contributed by atoms with Crippen molar-refractivity contribution in [1.29, 1.82) is 0 Å². The molecule has 1 N–H and O–H groups in total. The molecule has 6 atom stereocenters. The highest BCUT2D eigenvalue weighted by atomic mass is 16.6. The predicted molar refractivity (Wildman–Crippen MR) is 108 cm³/mol. The molecule has 0 aliphatic heterocycles. The summed E-state index contributed by atoms with van der Waals surface area (Å²) in [4.78, 5) is 0. The van der Waals surface area contributed by atoms with Crippen molar-refractivity contribution >= 4 is 0 Å². The Labute approximate surface area is 172 Å². The van der Waals surface area contributed by atoms with Crippen LogP contribution in [0.15, 0.2) is 60.7 Å². The Bertz CT molecular complexity index is 710. The molecule has 29 heavy (non-hydrogen) atoms. The average molecular weight is 402 g/mol. The van der Waals surface area contributed by atoms with Crippen LogP contribution < -0.4 is 0 Å². The molecule has 3 rings (SSSR count). The number of ether oxygens (including phenoxy) is 5. The number of hydrogen-bond acceptors (Lipinski definition) is 6. The Morgan fingerprint density at radius 1 is 0.586 bits per heavy atom. The molecule has 0 aromatic heterocycles. The van der Waals surface area contributed by atoms with Crippen LogP contribution in [0.3, 0.4) is 0 Å². The van der Waals surface area contributed by atoms with Crippen LogP contribution in [0.25, 0.3) is 0 Å². The van der Waals surface area contributed by atoms with Gasteiger partial charge in [-0.15, -0.1) is 0 Å². The van der Waals surface area contributed by atoms with Gasteiger partial charge in [0.15, 0.2) is 0 Å². The molecule has 1 saturated carbocycles. The van der Waals surface area contributed by atoms with Gasteiger partial charge in [-0.3, -0.25) is 0 Å². The van der Waals surface area contributed by atoms with Crippen LogP contribution in [0, 0.1) is 0 Å². The summed E-state index contributed by atoms with van der Waals surface area (Å²) in [6.07, 6.45) is -3.64. The van der Waals surface area contributed by atoms with Crippen LogP contribution in [0.2, 0.25) is 0 Å². The molecule has 0 unspecified atom stereocenters. The second-order valence-electron chi connectivity index (χ2n) is 7.11. The van der Waals surface area contributed by atoms with Gasteiger partial charge < -0.3 is 28.8 Å². The maximum Gasteiger partial charge on any atom is 0.115 e. The summed E-state index contributed by atoms with van der Waals surface area (Å²) in [5.74, 6) is 0. The van der Waals surface area contributed by atoms with E-state index in [0.717, 1.165) is 11.1 Å². The van der Waals surface area contributed by atoms with Gasteiger partial charge in [-0.1, -0.05) is 60.7 Å². The lowest BCUT2D eigenvalue weighted by Crippen LogP contribution is -2.66. The van der Waals surface area contributed by atoms with Crippen molar-refractivity contribution < 1.29 is 28.8 Å². The van der Waals surface area contributed by atoms with Crippen molar-refractivity contribution in [1.82, 2.24) is 0 Å². The van der Waals surface area contributed by atoms with Crippen molar-refractivity contribution in [2.24, 2.45) is 0 Å². The van der Waals surface area contributed by atoms with Crippen LogP contribution in [-0.2, 0) is 36.9 Å². The average Bonchev–Trinajstić information content (AvgIpc) is 2.77. The van der Waals surface area contributed by atoms with E-state index in [1.54, 1.807) is 21.3 Å². The monoisotopic (exact) mass is 402 g/mol. The SMILES string of the molecule is CO[C@@H]1[C@@H](OCc2ccccc2)[C@H](OCc2ccccc2)[C@H](O)[C@H](OC)[C@H]1OC. The van der Waals surface area contributed by atoms with E-state index in [1.807, 2.05) is 60.7 Å². The molecule has 2 aromatic rings. The van der Waals surface area contributed by atoms with Gasteiger partial charge in [0, 0.05) is 21.3 Å². The van der Waals surface area contributed by atoms with Crippen molar-refractivity contribution in [3.8, 4) is 0 Å². The molecule has 1 fully saturated rings. The first-order chi connectivity index (χ1) is 14.2. The summed E-state index contributed by atoms with van der Waals surface area (Å²) in [5.41, 5.74) is 2.04. The van der Waals surface area contributed by atoms with Crippen molar-refractivity contribution in [3.63, 3.8) is 0 Å². The molecule has 0 amide bonds. The molecule has 0 radical (unpaired) electrons. The van der Waals surface area contributed by atoms with Gasteiger partial charge in [0.05, 0.1) is 13.2 Å². The Hall–Kier alpha value is -1.80. The zero-order chi connectivity index (χ0) is 20.6. The highest BCUT2D eigenvalue weighted by molar-refractivity contribution is 5.15. The van der Waals surface area contributed by atoms with Gasteiger partial charge in [-0.2, -0.15) is 0 Å². The molecule has 6 heteroatoms. The van der Waals surface area contributed by atoms with Gasteiger partial charge in [0.1, 0.15) is 36.6 Å². The largest absolute Gasteiger partial charge is 0.387 e. The standard InChI is InChI=1S/C23H30O6/c1-25-19-18(24)20(28-14-16-10-6-4-7-11-16)23(22(27-3)21(19)26-2)29-15-17-12-8-5-9-13-17/h4-13,18-24H,14-15H2,1-3H3/t18-,19+,20-,21-,22+,23+/m1/s1. The number of aliphatic hydroxyl groups is 1. The first-order valence-electron chi connectivity index (χ1n) is 9.77. The summed E-state index contributed by atoms with van der Waals surface area (Å²) < 4.78 is 29.3. The van der Waals surface area contributed by atoms with E-state index in [1.165, 1.54) is 0 Å². The second-order valence-corrected chi connectivity index (χ2v) is 7.11. The Balaban J connectivity index is 1.81. The van der Waals surface area contributed by atoms with E-state index in [-0.39, 0.29) is 0 Å². The molecular weight excluding hydrogens is 372 g/mol. The minimum atomic E-state index is -0.930. The van der Waals surface area contributed by atoms with E-state index < -0.39 is 36.6 Å². The van der Waals surface area contributed by atoms with Crippen LogP contribution in [-0.4, -0.2) is 63.1 Å². The predicted octanol–water partition coefficient (Wildman–Crippen LogP) is 2.58. The third kappa shape index (κ3) is 5.22. The second kappa shape index (κ2) is 10.8. The minimum Gasteiger partial charge on any atom is -0.387 e. The minimum absolute atomic E-state index is 0.346. The van der Waals surface area contributed by atoms with Crippen LogP contribution >= 0.6 is 0 Å². The highest BCUT2D eigenvalue weighted by Gasteiger charge is 2.52. The normalized spacial score (nSPS) is 29.7. The molecule has 0 saturated heterocycles. The molecule has 0 bridgehead atoms. The lowest BCUT2D eigenvalue weighted by molar-refractivity contribution is -0.265. The summed E-state index contributed by atoms with van der Waals surface area (Å²) in [7, 11) is 4.73. The molecule has 158 valence electrons. The molecule has 2 aromatic carbocycles. The van der Waals surface area contributed by atoms with Crippen molar-refractivity contribution in [2.45, 2.75) is 49.8 Å². The van der Waals surface area contributed by atoms with Gasteiger partial charge >= 0.3 is 0 Å². The molecule has 6 nitrogen and oxygen atoms in total. The van der Waals surface area contributed by atoms with E-state index in [9.17, 15) is 5.11 Å². The lowest BCUT2D eigenvalue weighted by atomic mass is 9.84. The third-order valence-corrected chi connectivity index (χ3v) is 5.36. The number of methoxy groups -OCH3 is 3. The first kappa shape index (κ1) is 21.9. The number of aliphatic hydroxyl groups excluding tert-OH is 1. The quantitative estimate of drug-likeness (QED) is 0.696. The van der Waals surface area contributed by atoms with Gasteiger partial charge in [0.2, 0.25) is 0 Å². The number of hydrogen-bond donors (Lipinski definition) is 1. The maximum absolute atomic E-state index is 11.0. The maximum atomic E-state index is 11.0. The summed E-state index contributed by atoms with van der Waals surface area (Å²) in [6, 6.07) is 19.7. The van der Waals surface area contributed by atoms with E-state index in [2.05, 4.69) is 0 Å². The Morgan fingerprint density at radius 3 is 1.45 bits per heavy atom. The first-order valence-corrected chi connectivity index (χ1v) is 9.77. The molecule has 0 heterocycles. The smallest absolute Gasteiger partial charge is 0.115 e. The van der Waals surface area contributed by atoms with E-state index >= 15 is 0 Å². The van der Waals surface area contributed by atoms with Crippen LogP contribution in [0.5, 0.6) is 0 Å². The molecule has 0 spiro atoms. The fourth-order valence-electron chi connectivity index (χ4n) is 3.86. The van der Waals surface area contributed by atoms with Crippen molar-refractivity contribution in [3.05, 3.63) is 71.8 Å². The lowest BCUT2D eigenvalue weighted by Gasteiger charge is -2.47. The van der Waals surface area contributed by atoms with Crippen molar-refractivity contribution in [2.75, 3.05) is 21.3 Å². The van der Waals surface area contributed by atoms with Gasteiger partial charge in [0.25, 0.3) is 0 Å². The molecular formula is C23H30O6. The zero-order valence-corrected chi connectivity index (χ0v) is 17.1. The van der Waals surface area contributed by atoms with E-state index in [4.69, 9.17) is 23.7 Å². The Kier molecular flexibility index (Phi) is 8.18. The number of rotatable bonds is 9. The third-order valence-electron chi connectivity index (χ3n) is 5.36. The van der Waals surface area contributed by atoms with Crippen LogP contribution in [0.1, 0.15) is 11.1 Å². The topological polar surface area (TPSA) is 66.4 Å². The fourth-order valence-corrected chi connectivity index (χ4v) is 3.86. The van der Waals surface area contributed by atoms with E-state index in [0.29, 0.717) is 13.2 Å². The Morgan fingerprint density at radius 2 is 1.00 bits per heavy atom.